The Morgan fingerprint density at radius 2 is 2.21 bits per heavy atom. The van der Waals surface area contributed by atoms with Crippen molar-refractivity contribution in [1.82, 2.24) is 15.5 Å². The number of carbonyl (C=O) groups is 1. The zero-order chi connectivity index (χ0) is 16.1. The highest BCUT2D eigenvalue weighted by Gasteiger charge is 2.42. The van der Waals surface area contributed by atoms with E-state index in [0.717, 1.165) is 39.0 Å². The molecule has 24 heavy (non-hydrogen) atoms. The lowest BCUT2D eigenvalue weighted by atomic mass is 9.86. The highest BCUT2D eigenvalue weighted by atomic mass is 35.5. The molecule has 2 N–H and O–H groups in total. The Kier molecular flexibility index (Phi) is 7.04. The Hall–Kier alpha value is -1.14. The number of rotatable bonds is 6. The first kappa shape index (κ1) is 19.2. The van der Waals surface area contributed by atoms with E-state index in [1.165, 1.54) is 5.56 Å². The molecule has 134 valence electrons. The van der Waals surface area contributed by atoms with E-state index in [1.807, 2.05) is 6.07 Å². The van der Waals surface area contributed by atoms with Crippen molar-refractivity contribution in [2.24, 2.45) is 5.41 Å². The van der Waals surface area contributed by atoms with Gasteiger partial charge in [-0.25, -0.2) is 0 Å². The predicted molar refractivity (Wildman–Crippen MR) is 97.3 cm³/mol. The van der Waals surface area contributed by atoms with Gasteiger partial charge < -0.3 is 15.4 Å². The molecule has 2 atom stereocenters. The topological polar surface area (TPSA) is 53.6 Å². The third-order valence-electron chi connectivity index (χ3n) is 5.00. The molecule has 2 saturated heterocycles. The molecule has 1 aromatic carbocycles. The summed E-state index contributed by atoms with van der Waals surface area (Å²) in [6.07, 6.45) is 1.88. The second-order valence-electron chi connectivity index (χ2n) is 6.82. The van der Waals surface area contributed by atoms with Gasteiger partial charge in [-0.1, -0.05) is 30.3 Å². The maximum absolute atomic E-state index is 12.7. The summed E-state index contributed by atoms with van der Waals surface area (Å²) in [5.74, 6) is 0.149. The van der Waals surface area contributed by atoms with Crippen LogP contribution in [0, 0.1) is 5.41 Å². The molecule has 2 heterocycles. The molecule has 0 aliphatic carbocycles. The number of ether oxygens (including phenoxy) is 1. The molecule has 0 spiro atoms. The Balaban J connectivity index is 0.00000208. The first-order valence-electron chi connectivity index (χ1n) is 8.49. The predicted octanol–water partition coefficient (Wildman–Crippen LogP) is 1.42. The second-order valence-corrected chi connectivity index (χ2v) is 6.82. The molecule has 1 amide bonds. The van der Waals surface area contributed by atoms with Crippen LogP contribution in [0.1, 0.15) is 18.4 Å². The molecule has 0 radical (unpaired) electrons. The molecule has 3 rings (SSSR count). The van der Waals surface area contributed by atoms with Crippen LogP contribution in [0.3, 0.4) is 0 Å². The lowest BCUT2D eigenvalue weighted by Gasteiger charge is -2.28. The van der Waals surface area contributed by atoms with Gasteiger partial charge in [0.25, 0.3) is 0 Å². The number of benzene rings is 1. The number of carbonyl (C=O) groups excluding carboxylic acids is 1. The monoisotopic (exact) mass is 353 g/mol. The van der Waals surface area contributed by atoms with Gasteiger partial charge in [-0.2, -0.15) is 0 Å². The molecule has 6 heteroatoms. The van der Waals surface area contributed by atoms with Gasteiger partial charge in [0.15, 0.2) is 0 Å². The van der Waals surface area contributed by atoms with Gasteiger partial charge in [0.05, 0.1) is 12.0 Å². The smallest absolute Gasteiger partial charge is 0.230 e. The minimum atomic E-state index is -0.387. The molecule has 5 nitrogen and oxygen atoms in total. The van der Waals surface area contributed by atoms with Crippen molar-refractivity contribution in [1.29, 1.82) is 0 Å². The number of nitrogens with zero attached hydrogens (tertiary/aromatic N) is 1. The average molecular weight is 354 g/mol. The summed E-state index contributed by atoms with van der Waals surface area (Å²) in [7, 11) is 1.67. The highest BCUT2D eigenvalue weighted by Crippen LogP contribution is 2.27. The average Bonchev–Trinajstić information content (AvgIpc) is 3.19. The molecule has 2 aliphatic heterocycles. The number of likely N-dealkylation sites (tertiary alicyclic amines) is 1. The van der Waals surface area contributed by atoms with Crippen molar-refractivity contribution >= 4 is 18.3 Å². The largest absolute Gasteiger partial charge is 0.384 e. The lowest BCUT2D eigenvalue weighted by Crippen LogP contribution is -2.49. The summed E-state index contributed by atoms with van der Waals surface area (Å²) in [6.45, 7) is 5.02. The van der Waals surface area contributed by atoms with Crippen molar-refractivity contribution < 1.29 is 9.53 Å². The van der Waals surface area contributed by atoms with Crippen LogP contribution in [-0.4, -0.2) is 56.7 Å². The van der Waals surface area contributed by atoms with E-state index in [4.69, 9.17) is 4.74 Å². The minimum Gasteiger partial charge on any atom is -0.384 e. The summed E-state index contributed by atoms with van der Waals surface area (Å²) in [5, 5.41) is 6.56. The minimum absolute atomic E-state index is 0. The zero-order valence-electron chi connectivity index (χ0n) is 14.3. The van der Waals surface area contributed by atoms with E-state index in [-0.39, 0.29) is 29.8 Å². The Morgan fingerprint density at radius 1 is 1.42 bits per heavy atom. The van der Waals surface area contributed by atoms with Crippen molar-refractivity contribution in [3.63, 3.8) is 0 Å². The van der Waals surface area contributed by atoms with Gasteiger partial charge in [0, 0.05) is 39.3 Å². The number of amides is 1. The van der Waals surface area contributed by atoms with Crippen molar-refractivity contribution in [3.05, 3.63) is 35.9 Å². The van der Waals surface area contributed by atoms with E-state index in [2.05, 4.69) is 39.8 Å². The number of methoxy groups -OCH3 is 1. The molecule has 2 unspecified atom stereocenters. The second kappa shape index (κ2) is 8.81. The summed E-state index contributed by atoms with van der Waals surface area (Å²) in [5.41, 5.74) is 0.942. The van der Waals surface area contributed by atoms with E-state index in [1.54, 1.807) is 7.11 Å². The third-order valence-corrected chi connectivity index (χ3v) is 5.00. The first-order chi connectivity index (χ1) is 11.2. The van der Waals surface area contributed by atoms with Crippen LogP contribution < -0.4 is 10.6 Å². The molecule has 2 aliphatic rings. The van der Waals surface area contributed by atoms with Crippen LogP contribution in [-0.2, 0) is 16.1 Å². The van der Waals surface area contributed by atoms with E-state index in [0.29, 0.717) is 13.2 Å². The fourth-order valence-corrected chi connectivity index (χ4v) is 3.68. The zero-order valence-corrected chi connectivity index (χ0v) is 15.1. The van der Waals surface area contributed by atoms with Gasteiger partial charge in [-0.15, -0.1) is 12.4 Å². The van der Waals surface area contributed by atoms with Gasteiger partial charge >= 0.3 is 0 Å². The van der Waals surface area contributed by atoms with E-state index < -0.39 is 0 Å². The van der Waals surface area contributed by atoms with Gasteiger partial charge in [-0.3, -0.25) is 9.69 Å². The maximum Gasteiger partial charge on any atom is 0.230 e. The van der Waals surface area contributed by atoms with Crippen molar-refractivity contribution in [2.45, 2.75) is 25.4 Å². The summed E-state index contributed by atoms with van der Waals surface area (Å²) < 4.78 is 5.30. The number of hydrogen-bond donors (Lipinski definition) is 2. The van der Waals surface area contributed by atoms with Crippen LogP contribution in [0.25, 0.3) is 0 Å². The van der Waals surface area contributed by atoms with Gasteiger partial charge in [-0.05, 0) is 24.9 Å². The molecule has 1 aromatic rings. The Morgan fingerprint density at radius 3 is 2.88 bits per heavy atom. The molecular weight excluding hydrogens is 326 g/mol. The van der Waals surface area contributed by atoms with Crippen LogP contribution in [0.2, 0.25) is 0 Å². The van der Waals surface area contributed by atoms with Gasteiger partial charge in [0.1, 0.15) is 0 Å². The quantitative estimate of drug-likeness (QED) is 0.812. The fourth-order valence-electron chi connectivity index (χ4n) is 3.68. The Labute approximate surface area is 150 Å². The first-order valence-corrected chi connectivity index (χ1v) is 8.49. The van der Waals surface area contributed by atoms with Crippen LogP contribution in [0.15, 0.2) is 30.3 Å². The van der Waals surface area contributed by atoms with Crippen molar-refractivity contribution in [3.8, 4) is 0 Å². The van der Waals surface area contributed by atoms with E-state index in [9.17, 15) is 4.79 Å². The maximum atomic E-state index is 12.7. The summed E-state index contributed by atoms with van der Waals surface area (Å²) in [6, 6.07) is 10.8. The fraction of sp³-hybridized carbons (Fsp3) is 0.611. The highest BCUT2D eigenvalue weighted by molar-refractivity contribution is 5.85. The molecule has 0 saturated carbocycles. The number of halogens is 1. The van der Waals surface area contributed by atoms with E-state index >= 15 is 0 Å². The third kappa shape index (κ3) is 4.48. The molecular formula is C18H28ClN3O2. The number of hydrogen-bond acceptors (Lipinski definition) is 4. The molecule has 0 bridgehead atoms. The van der Waals surface area contributed by atoms with Crippen LogP contribution in [0.5, 0.6) is 0 Å². The Bertz CT molecular complexity index is 520. The van der Waals surface area contributed by atoms with Crippen LogP contribution in [0.4, 0.5) is 0 Å². The van der Waals surface area contributed by atoms with Crippen molar-refractivity contribution in [2.75, 3.05) is 39.9 Å². The summed E-state index contributed by atoms with van der Waals surface area (Å²) >= 11 is 0. The number of nitrogens with one attached hydrogen (secondary N) is 2. The lowest BCUT2D eigenvalue weighted by molar-refractivity contribution is -0.133. The van der Waals surface area contributed by atoms with Crippen LogP contribution >= 0.6 is 12.4 Å². The SMILES string of the molecule is COCC1(C(=O)NC2CCN(Cc3ccccc3)C2)CCNC1.Cl. The normalized spacial score (nSPS) is 27.0. The summed E-state index contributed by atoms with van der Waals surface area (Å²) in [4.78, 5) is 15.1. The molecule has 2 fully saturated rings. The standard InChI is InChI=1S/C18H27N3O2.ClH/c1-23-14-18(8-9-19-13-18)17(22)20-16-7-10-21(12-16)11-15-5-3-2-4-6-15;/h2-6,16,19H,7-14H2,1H3,(H,20,22);1H. The van der Waals surface area contributed by atoms with Gasteiger partial charge in [0.2, 0.25) is 5.91 Å². The molecule has 0 aromatic heterocycles.